The summed E-state index contributed by atoms with van der Waals surface area (Å²) in [6.45, 7) is -0.996. The molecule has 17 nitrogen and oxygen atoms in total. The molecule has 0 aromatic heterocycles. The first-order valence-electron chi connectivity index (χ1n) is 8.01. The SMILES string of the molecule is CSN1C=C([C@@H]2O[C@H](COP(=O)(O)OP(=O)(O)OP(=O)(O)O)[C@@H](O)[C@H]2O)C(O)NC1O.[H-].[Na+]. The third-order valence-electron chi connectivity index (χ3n) is 3.86. The Morgan fingerprint density at radius 3 is 2.22 bits per heavy atom. The predicted octanol–water partition coefficient (Wildman–Crippen LogP) is -5.40. The summed E-state index contributed by atoms with van der Waals surface area (Å²) in [5, 5.41) is 42.5. The van der Waals surface area contributed by atoms with Crippen LogP contribution >= 0.6 is 35.4 Å². The van der Waals surface area contributed by atoms with Crippen molar-refractivity contribution in [3.8, 4) is 0 Å². The monoisotopic (exact) mass is 558 g/mol. The van der Waals surface area contributed by atoms with Gasteiger partial charge < -0.3 is 46.2 Å². The van der Waals surface area contributed by atoms with E-state index in [-0.39, 0.29) is 36.6 Å². The van der Waals surface area contributed by atoms with Gasteiger partial charge in [-0.15, -0.1) is 0 Å². The van der Waals surface area contributed by atoms with E-state index >= 15 is 0 Å². The largest absolute Gasteiger partial charge is 1.00 e. The van der Waals surface area contributed by atoms with Gasteiger partial charge in [0.05, 0.1) is 6.61 Å². The molecule has 22 heteroatoms. The van der Waals surface area contributed by atoms with Crippen LogP contribution in [-0.4, -0.2) is 94.2 Å². The van der Waals surface area contributed by atoms with Crippen LogP contribution in [0.3, 0.4) is 0 Å². The molecule has 4 unspecified atom stereocenters. The normalized spacial score (nSPS) is 34.9. The molecule has 2 rings (SSSR count). The predicted molar refractivity (Wildman–Crippen MR) is 100 cm³/mol. The van der Waals surface area contributed by atoms with Gasteiger partial charge in [-0.1, -0.05) is 11.9 Å². The molecule has 0 aromatic carbocycles. The average Bonchev–Trinajstić information content (AvgIpc) is 2.85. The number of nitrogens with zero attached hydrogens (tertiary/aromatic N) is 1. The summed E-state index contributed by atoms with van der Waals surface area (Å²) >= 11 is 1.05. The number of nitrogens with one attached hydrogen (secondary N) is 1. The molecule has 1 saturated heterocycles. The first-order valence-corrected chi connectivity index (χ1v) is 13.7. The van der Waals surface area contributed by atoms with Crippen LogP contribution in [-0.2, 0) is 31.6 Å². The summed E-state index contributed by atoms with van der Waals surface area (Å²) in [4.78, 5) is 35.5. The summed E-state index contributed by atoms with van der Waals surface area (Å²) in [6.07, 6.45) is -6.14. The van der Waals surface area contributed by atoms with E-state index in [2.05, 4.69) is 18.5 Å². The van der Waals surface area contributed by atoms with E-state index in [1.807, 2.05) is 0 Å². The molecule has 2 aliphatic rings. The summed E-state index contributed by atoms with van der Waals surface area (Å²) < 4.78 is 51.7. The summed E-state index contributed by atoms with van der Waals surface area (Å²) in [5.74, 6) is 0. The Bertz CT molecular complexity index is 836. The molecule has 0 bridgehead atoms. The molecule has 0 aliphatic carbocycles. The van der Waals surface area contributed by atoms with E-state index < -0.39 is 67.1 Å². The van der Waals surface area contributed by atoms with Crippen LogP contribution in [0.4, 0.5) is 0 Å². The minimum absolute atomic E-state index is 0. The van der Waals surface area contributed by atoms with Crippen LogP contribution in [0.25, 0.3) is 0 Å². The maximum atomic E-state index is 11.8. The third-order valence-corrected chi connectivity index (χ3v) is 8.39. The molecule has 0 radical (unpaired) electrons. The number of phosphoric ester groups is 1. The van der Waals surface area contributed by atoms with Crippen molar-refractivity contribution in [3.63, 3.8) is 0 Å². The number of aliphatic hydroxyl groups is 4. The third kappa shape index (κ3) is 8.62. The van der Waals surface area contributed by atoms with Gasteiger partial charge in [0, 0.05) is 18.0 Å². The summed E-state index contributed by atoms with van der Waals surface area (Å²) in [7, 11) is -16.7. The molecule has 2 heterocycles. The van der Waals surface area contributed by atoms with Crippen LogP contribution in [0.15, 0.2) is 11.8 Å². The van der Waals surface area contributed by atoms with E-state index in [1.165, 1.54) is 10.5 Å². The standard InChI is InChI=1S/C10H21N2O15P3S.Na.H/c1-31-12-2-4(9(15)11-10(12)16)8-7(14)6(13)5(25-8)3-24-29(20,21)27-30(22,23)26-28(17,18)19;;/h2,5-11,13-16H,3H2,1H3,(H,20,21)(H,22,23)(H2,17,18,19);;/q;+1;-1/t5-,6-,7-,8+,9?,10?;;/m1../s1. The molecule has 0 amide bonds. The van der Waals surface area contributed by atoms with E-state index in [9.17, 15) is 39.0 Å². The number of hydrogen-bond donors (Lipinski definition) is 9. The van der Waals surface area contributed by atoms with Gasteiger partial charge in [-0.05, 0) is 0 Å². The molecule has 0 aromatic rings. The van der Waals surface area contributed by atoms with Crippen LogP contribution in [0.5, 0.6) is 0 Å². The van der Waals surface area contributed by atoms with Crippen molar-refractivity contribution in [1.29, 1.82) is 0 Å². The van der Waals surface area contributed by atoms with Crippen LogP contribution in [0.2, 0.25) is 0 Å². The van der Waals surface area contributed by atoms with Crippen molar-refractivity contribution in [2.75, 3.05) is 12.9 Å². The fourth-order valence-corrected chi connectivity index (χ4v) is 6.13. The van der Waals surface area contributed by atoms with Crippen molar-refractivity contribution in [2.45, 2.75) is 37.0 Å². The first-order chi connectivity index (χ1) is 14.1. The molecular weight excluding hydrogens is 536 g/mol. The Kier molecular flexibility index (Phi) is 11.5. The molecule has 8 atom stereocenters. The number of rotatable bonds is 9. The number of ether oxygens (including phenoxy) is 1. The van der Waals surface area contributed by atoms with E-state index in [0.717, 1.165) is 11.9 Å². The van der Waals surface area contributed by atoms with Gasteiger partial charge >= 0.3 is 53.0 Å². The van der Waals surface area contributed by atoms with Crippen molar-refractivity contribution >= 4 is 35.4 Å². The Balaban J connectivity index is 0.00000512. The van der Waals surface area contributed by atoms with Gasteiger partial charge in [0.2, 0.25) is 0 Å². The van der Waals surface area contributed by atoms with Crippen molar-refractivity contribution in [3.05, 3.63) is 11.8 Å². The smallest absolute Gasteiger partial charge is 1.00 e. The fraction of sp³-hybridized carbons (Fsp3) is 0.800. The number of hydrogen-bond acceptors (Lipinski definition) is 14. The zero-order valence-corrected chi connectivity index (χ0v) is 21.9. The van der Waals surface area contributed by atoms with Gasteiger partial charge in [-0.25, -0.2) is 19.0 Å². The van der Waals surface area contributed by atoms with E-state index in [1.54, 1.807) is 6.26 Å². The maximum absolute atomic E-state index is 11.8. The topological polar surface area (TPSA) is 265 Å². The molecule has 0 saturated carbocycles. The zero-order valence-electron chi connectivity index (χ0n) is 17.4. The fourth-order valence-electron chi connectivity index (χ4n) is 2.61. The van der Waals surface area contributed by atoms with Crippen LogP contribution in [0, 0.1) is 0 Å². The van der Waals surface area contributed by atoms with E-state index in [4.69, 9.17) is 19.4 Å². The van der Waals surface area contributed by atoms with Gasteiger partial charge in [-0.2, -0.15) is 8.62 Å². The minimum Gasteiger partial charge on any atom is -1.00 e. The second kappa shape index (κ2) is 11.9. The van der Waals surface area contributed by atoms with Crippen molar-refractivity contribution < 1.29 is 103 Å². The summed E-state index contributed by atoms with van der Waals surface area (Å²) in [5.41, 5.74) is -0.00738. The number of aliphatic hydroxyl groups excluding tert-OH is 4. The van der Waals surface area contributed by atoms with Gasteiger partial charge in [0.15, 0.2) is 6.35 Å². The quantitative estimate of drug-likeness (QED) is 0.0726. The zero-order chi connectivity index (χ0) is 23.8. The molecule has 0 spiro atoms. The Morgan fingerprint density at radius 1 is 1.09 bits per heavy atom. The van der Waals surface area contributed by atoms with Crippen LogP contribution < -0.4 is 34.9 Å². The van der Waals surface area contributed by atoms with Crippen molar-refractivity contribution in [2.24, 2.45) is 0 Å². The van der Waals surface area contributed by atoms with Crippen molar-refractivity contribution in [1.82, 2.24) is 9.62 Å². The minimum atomic E-state index is -5.72. The average molecular weight is 558 g/mol. The summed E-state index contributed by atoms with van der Waals surface area (Å²) in [6, 6.07) is 0. The first kappa shape index (κ1) is 31.1. The Morgan fingerprint density at radius 2 is 1.69 bits per heavy atom. The van der Waals surface area contributed by atoms with Crippen LogP contribution in [0.1, 0.15) is 1.43 Å². The molecule has 184 valence electrons. The van der Waals surface area contributed by atoms with Gasteiger partial charge in [0.1, 0.15) is 30.6 Å². The second-order valence-corrected chi connectivity index (χ2v) is 11.3. The molecular formula is C10H22N2NaO15P3S. The molecule has 1 fully saturated rings. The van der Waals surface area contributed by atoms with Gasteiger partial charge in [-0.3, -0.25) is 8.83 Å². The maximum Gasteiger partial charge on any atom is 1.00 e. The van der Waals surface area contributed by atoms with Gasteiger partial charge in [0.25, 0.3) is 0 Å². The molecule has 32 heavy (non-hydrogen) atoms. The molecule has 2 aliphatic heterocycles. The molecule has 9 N–H and O–H groups in total. The Hall–Kier alpha value is 1.06. The van der Waals surface area contributed by atoms with E-state index in [0.29, 0.717) is 0 Å². The second-order valence-electron chi connectivity index (χ2n) is 6.08. The number of phosphoric acid groups is 3. The Labute approximate surface area is 208 Å².